The summed E-state index contributed by atoms with van der Waals surface area (Å²) in [4.78, 5) is 14.2. The van der Waals surface area contributed by atoms with E-state index < -0.39 is 0 Å². The van der Waals surface area contributed by atoms with Crippen LogP contribution in [-0.4, -0.2) is 43.7 Å². The fraction of sp³-hybridized carbons (Fsp3) is 0.562. The molecule has 1 amide bonds. The fourth-order valence-corrected chi connectivity index (χ4v) is 3.35. The van der Waals surface area contributed by atoms with Crippen LogP contribution in [0.4, 0.5) is 0 Å². The van der Waals surface area contributed by atoms with Crippen molar-refractivity contribution in [3.63, 3.8) is 0 Å². The maximum absolute atomic E-state index is 12.3. The van der Waals surface area contributed by atoms with Gasteiger partial charge >= 0.3 is 0 Å². The molecule has 2 aliphatic heterocycles. The molecule has 114 valence electrons. The smallest absolute Gasteiger partial charge is 0.260 e. The minimum Gasteiger partial charge on any atom is -0.483 e. The number of likely N-dealkylation sites (tertiary alicyclic amines) is 1. The highest BCUT2D eigenvalue weighted by Crippen LogP contribution is 2.38. The molecule has 2 fully saturated rings. The van der Waals surface area contributed by atoms with Gasteiger partial charge in [-0.15, -0.1) is 0 Å². The average molecular weight is 310 g/mol. The highest BCUT2D eigenvalue weighted by Gasteiger charge is 2.42. The third-order valence-electron chi connectivity index (χ3n) is 4.46. The van der Waals surface area contributed by atoms with Crippen LogP contribution in [0, 0.1) is 12.3 Å². The van der Waals surface area contributed by atoms with E-state index >= 15 is 0 Å². The molecule has 0 aliphatic carbocycles. The van der Waals surface area contributed by atoms with Crippen molar-refractivity contribution in [1.82, 2.24) is 4.90 Å². The summed E-state index contributed by atoms with van der Waals surface area (Å²) in [6.45, 7) is 5.22. The van der Waals surface area contributed by atoms with Crippen molar-refractivity contribution in [1.29, 1.82) is 0 Å². The Kier molecular flexibility index (Phi) is 4.09. The molecule has 1 atom stereocenters. The van der Waals surface area contributed by atoms with Gasteiger partial charge in [0, 0.05) is 30.1 Å². The molecule has 21 heavy (non-hydrogen) atoms. The van der Waals surface area contributed by atoms with Crippen molar-refractivity contribution in [2.75, 3.05) is 32.9 Å². The fourth-order valence-electron chi connectivity index (χ4n) is 3.12. The summed E-state index contributed by atoms with van der Waals surface area (Å²) < 4.78 is 11.1. The summed E-state index contributed by atoms with van der Waals surface area (Å²) in [6, 6.07) is 5.42. The largest absolute Gasteiger partial charge is 0.483 e. The number of halogens is 1. The number of nitrogens with zero attached hydrogens (tertiary/aromatic N) is 1. The third-order valence-corrected chi connectivity index (χ3v) is 4.70. The lowest BCUT2D eigenvalue weighted by atomic mass is 9.87. The Morgan fingerprint density at radius 1 is 1.48 bits per heavy atom. The summed E-state index contributed by atoms with van der Waals surface area (Å²) in [5.41, 5.74) is 1.14. The molecule has 0 bridgehead atoms. The van der Waals surface area contributed by atoms with E-state index in [1.807, 2.05) is 17.9 Å². The molecule has 1 aromatic rings. The van der Waals surface area contributed by atoms with E-state index in [1.165, 1.54) is 0 Å². The van der Waals surface area contributed by atoms with E-state index in [4.69, 9.17) is 21.1 Å². The molecular formula is C16H20ClNO3. The van der Waals surface area contributed by atoms with Crippen molar-refractivity contribution < 1.29 is 14.3 Å². The molecule has 1 aromatic carbocycles. The van der Waals surface area contributed by atoms with E-state index in [0.29, 0.717) is 10.8 Å². The van der Waals surface area contributed by atoms with Crippen LogP contribution in [0.3, 0.4) is 0 Å². The monoisotopic (exact) mass is 309 g/mol. The number of aryl methyl sites for hydroxylation is 1. The normalized spacial score (nSPS) is 24.8. The molecule has 5 heteroatoms. The first kappa shape index (κ1) is 14.7. The topological polar surface area (TPSA) is 38.8 Å². The standard InChI is InChI=1S/C16H20ClNO3/c1-12-8-13(17)2-3-14(12)21-9-15(19)18-6-4-16(10-18)5-7-20-11-16/h2-3,8H,4-7,9-11H2,1H3/t16-/m0/s1. The Bertz CT molecular complexity index is 540. The Labute approximate surface area is 130 Å². The molecule has 3 rings (SSSR count). The predicted molar refractivity (Wildman–Crippen MR) is 80.8 cm³/mol. The Morgan fingerprint density at radius 3 is 3.05 bits per heavy atom. The minimum absolute atomic E-state index is 0.0492. The number of rotatable bonds is 3. The van der Waals surface area contributed by atoms with Crippen LogP contribution in [0.15, 0.2) is 18.2 Å². The molecule has 2 heterocycles. The van der Waals surface area contributed by atoms with Gasteiger partial charge in [0.2, 0.25) is 0 Å². The van der Waals surface area contributed by atoms with Crippen LogP contribution >= 0.6 is 11.6 Å². The number of hydrogen-bond acceptors (Lipinski definition) is 3. The quantitative estimate of drug-likeness (QED) is 0.861. The first-order chi connectivity index (χ1) is 10.1. The second-order valence-electron chi connectivity index (χ2n) is 6.07. The highest BCUT2D eigenvalue weighted by molar-refractivity contribution is 6.30. The van der Waals surface area contributed by atoms with Crippen molar-refractivity contribution in [2.45, 2.75) is 19.8 Å². The molecule has 2 aliphatic rings. The average Bonchev–Trinajstić information content (AvgIpc) is 3.08. The number of ether oxygens (including phenoxy) is 2. The van der Waals surface area contributed by atoms with Gasteiger partial charge in [0.25, 0.3) is 5.91 Å². The van der Waals surface area contributed by atoms with Crippen LogP contribution in [0.1, 0.15) is 18.4 Å². The van der Waals surface area contributed by atoms with E-state index in [2.05, 4.69) is 0 Å². The first-order valence-electron chi connectivity index (χ1n) is 7.33. The zero-order valence-electron chi connectivity index (χ0n) is 12.2. The van der Waals surface area contributed by atoms with Gasteiger partial charge in [0.15, 0.2) is 6.61 Å². The minimum atomic E-state index is 0.0492. The van der Waals surface area contributed by atoms with Gasteiger partial charge < -0.3 is 14.4 Å². The van der Waals surface area contributed by atoms with Gasteiger partial charge in [0.05, 0.1) is 6.61 Å². The van der Waals surface area contributed by atoms with Crippen molar-refractivity contribution in [3.8, 4) is 5.75 Å². The highest BCUT2D eigenvalue weighted by atomic mass is 35.5. The number of hydrogen-bond donors (Lipinski definition) is 0. The van der Waals surface area contributed by atoms with Crippen LogP contribution in [0.2, 0.25) is 5.02 Å². The predicted octanol–water partition coefficient (Wildman–Crippen LogP) is 2.67. The summed E-state index contributed by atoms with van der Waals surface area (Å²) in [6.07, 6.45) is 2.10. The zero-order valence-corrected chi connectivity index (χ0v) is 13.0. The van der Waals surface area contributed by atoms with Gasteiger partial charge in [-0.1, -0.05) is 11.6 Å². The molecule has 1 spiro atoms. The molecule has 4 nitrogen and oxygen atoms in total. The van der Waals surface area contributed by atoms with Gasteiger partial charge in [-0.25, -0.2) is 0 Å². The van der Waals surface area contributed by atoms with Crippen molar-refractivity contribution in [2.24, 2.45) is 5.41 Å². The molecule has 0 N–H and O–H groups in total. The summed E-state index contributed by atoms with van der Waals surface area (Å²) in [7, 11) is 0. The molecule has 0 saturated carbocycles. The van der Waals surface area contributed by atoms with E-state index in [9.17, 15) is 4.79 Å². The molecular weight excluding hydrogens is 290 g/mol. The summed E-state index contributed by atoms with van der Waals surface area (Å²) in [5.74, 6) is 0.763. The van der Waals surface area contributed by atoms with Crippen LogP contribution in [0.25, 0.3) is 0 Å². The zero-order chi connectivity index (χ0) is 14.9. The van der Waals surface area contributed by atoms with E-state index in [0.717, 1.165) is 44.7 Å². The second kappa shape index (κ2) is 5.85. The Morgan fingerprint density at radius 2 is 2.33 bits per heavy atom. The maximum atomic E-state index is 12.3. The summed E-state index contributed by atoms with van der Waals surface area (Å²) >= 11 is 5.91. The van der Waals surface area contributed by atoms with Gasteiger partial charge in [-0.2, -0.15) is 0 Å². The maximum Gasteiger partial charge on any atom is 0.260 e. The first-order valence-corrected chi connectivity index (χ1v) is 7.70. The van der Waals surface area contributed by atoms with Gasteiger partial charge in [-0.05, 0) is 43.5 Å². The molecule has 2 saturated heterocycles. The number of carbonyl (C=O) groups excluding carboxylic acids is 1. The number of benzene rings is 1. The van der Waals surface area contributed by atoms with Crippen molar-refractivity contribution >= 4 is 17.5 Å². The molecule has 0 radical (unpaired) electrons. The van der Waals surface area contributed by atoms with Crippen LogP contribution < -0.4 is 4.74 Å². The second-order valence-corrected chi connectivity index (χ2v) is 6.50. The van der Waals surface area contributed by atoms with E-state index in [1.54, 1.807) is 12.1 Å². The third kappa shape index (κ3) is 3.16. The molecule has 0 unspecified atom stereocenters. The van der Waals surface area contributed by atoms with Crippen LogP contribution in [0.5, 0.6) is 5.75 Å². The van der Waals surface area contributed by atoms with E-state index in [-0.39, 0.29) is 17.9 Å². The number of amides is 1. The lowest BCUT2D eigenvalue weighted by Gasteiger charge is -2.22. The summed E-state index contributed by atoms with van der Waals surface area (Å²) in [5, 5.41) is 0.675. The molecule has 0 aromatic heterocycles. The lowest BCUT2D eigenvalue weighted by molar-refractivity contribution is -0.132. The Hall–Kier alpha value is -1.26. The van der Waals surface area contributed by atoms with Gasteiger partial charge in [-0.3, -0.25) is 4.79 Å². The Balaban J connectivity index is 1.55. The number of carbonyl (C=O) groups is 1. The van der Waals surface area contributed by atoms with Crippen molar-refractivity contribution in [3.05, 3.63) is 28.8 Å². The SMILES string of the molecule is Cc1cc(Cl)ccc1OCC(=O)N1CC[C@]2(CCOC2)C1. The van der Waals surface area contributed by atoms with Crippen LogP contribution in [-0.2, 0) is 9.53 Å². The lowest BCUT2D eigenvalue weighted by Crippen LogP contribution is -2.35. The van der Waals surface area contributed by atoms with Gasteiger partial charge in [0.1, 0.15) is 5.75 Å².